The Kier molecular flexibility index (Phi) is 6.07. The highest BCUT2D eigenvalue weighted by Crippen LogP contribution is 2.36. The van der Waals surface area contributed by atoms with E-state index in [-0.39, 0.29) is 28.8 Å². The number of nitrogens with zero attached hydrogens (tertiary/aromatic N) is 2. The Bertz CT molecular complexity index is 1120. The van der Waals surface area contributed by atoms with Crippen molar-refractivity contribution in [2.75, 3.05) is 0 Å². The number of thioether (sulfide) groups is 1. The van der Waals surface area contributed by atoms with E-state index in [0.29, 0.717) is 16.9 Å². The van der Waals surface area contributed by atoms with Crippen molar-refractivity contribution >= 4 is 29.5 Å². The van der Waals surface area contributed by atoms with Crippen molar-refractivity contribution in [2.45, 2.75) is 23.9 Å². The van der Waals surface area contributed by atoms with Gasteiger partial charge in [-0.15, -0.1) is 0 Å². The number of ether oxygens (including phenoxy) is 1. The van der Waals surface area contributed by atoms with E-state index in [1.54, 1.807) is 12.3 Å². The molecular formula is C20H15F3N2O3S. The quantitative estimate of drug-likeness (QED) is 0.349. The number of aromatic nitrogens is 2. The molecule has 0 saturated heterocycles. The fraction of sp³-hybridized carbons (Fsp3) is 0.150. The summed E-state index contributed by atoms with van der Waals surface area (Å²) in [6.07, 6.45) is 4.25. The van der Waals surface area contributed by atoms with Gasteiger partial charge in [0.2, 0.25) is 0 Å². The summed E-state index contributed by atoms with van der Waals surface area (Å²) in [5.74, 6) is -0.662. The zero-order chi connectivity index (χ0) is 21.0. The van der Waals surface area contributed by atoms with Gasteiger partial charge in [0, 0.05) is 23.2 Å². The van der Waals surface area contributed by atoms with Crippen LogP contribution in [0.15, 0.2) is 64.4 Å². The van der Waals surface area contributed by atoms with Crippen molar-refractivity contribution < 1.29 is 22.7 Å². The van der Waals surface area contributed by atoms with Crippen LogP contribution in [0.4, 0.5) is 13.2 Å². The third-order valence-corrected chi connectivity index (χ3v) is 4.49. The second-order valence-corrected chi connectivity index (χ2v) is 7.22. The van der Waals surface area contributed by atoms with Crippen LogP contribution in [-0.4, -0.2) is 20.9 Å². The van der Waals surface area contributed by atoms with Crippen LogP contribution in [0.3, 0.4) is 0 Å². The minimum absolute atomic E-state index is 0.0566. The average Bonchev–Trinajstić information content (AvgIpc) is 2.65. The number of carbonyl (C=O) groups excluding carboxylic acids is 1. The number of esters is 1. The number of alkyl halides is 3. The molecule has 0 saturated carbocycles. The van der Waals surface area contributed by atoms with Crippen LogP contribution in [-0.2, 0) is 16.1 Å². The summed E-state index contributed by atoms with van der Waals surface area (Å²) < 4.78 is 43.4. The molecule has 0 aliphatic carbocycles. The Hall–Kier alpha value is -3.07. The van der Waals surface area contributed by atoms with E-state index in [2.05, 4.69) is 4.98 Å². The maximum atomic E-state index is 12.3. The van der Waals surface area contributed by atoms with E-state index in [0.717, 1.165) is 11.6 Å². The topological polar surface area (TPSA) is 60.7 Å². The number of benzene rings is 1. The van der Waals surface area contributed by atoms with Crippen LogP contribution in [0.1, 0.15) is 16.8 Å². The van der Waals surface area contributed by atoms with Gasteiger partial charge in [0.15, 0.2) is 0 Å². The van der Waals surface area contributed by atoms with Crippen molar-refractivity contribution in [1.82, 2.24) is 9.38 Å². The van der Waals surface area contributed by atoms with Gasteiger partial charge in [0.1, 0.15) is 12.3 Å². The molecule has 150 valence electrons. The second-order valence-electron chi connectivity index (χ2n) is 6.08. The predicted octanol–water partition coefficient (Wildman–Crippen LogP) is 4.37. The summed E-state index contributed by atoms with van der Waals surface area (Å²) in [5, 5.41) is 0. The minimum atomic E-state index is -4.35. The first-order valence-corrected chi connectivity index (χ1v) is 9.21. The van der Waals surface area contributed by atoms with Crippen LogP contribution in [0.25, 0.3) is 11.7 Å². The number of rotatable bonds is 5. The van der Waals surface area contributed by atoms with Crippen molar-refractivity contribution in [1.29, 1.82) is 0 Å². The average molecular weight is 420 g/mol. The Labute approximate surface area is 167 Å². The lowest BCUT2D eigenvalue weighted by atomic mass is 10.2. The molecule has 0 radical (unpaired) electrons. The van der Waals surface area contributed by atoms with Gasteiger partial charge in [0.25, 0.3) is 5.56 Å². The maximum Gasteiger partial charge on any atom is 0.446 e. The third kappa shape index (κ3) is 5.95. The van der Waals surface area contributed by atoms with Gasteiger partial charge >= 0.3 is 11.5 Å². The first-order chi connectivity index (χ1) is 13.7. The zero-order valence-corrected chi connectivity index (χ0v) is 16.0. The molecule has 2 heterocycles. The first kappa shape index (κ1) is 20.7. The molecule has 0 atom stereocenters. The molecule has 2 aromatic heterocycles. The van der Waals surface area contributed by atoms with Gasteiger partial charge < -0.3 is 4.74 Å². The fourth-order valence-electron chi connectivity index (χ4n) is 2.47. The van der Waals surface area contributed by atoms with Crippen LogP contribution in [0.5, 0.6) is 0 Å². The lowest BCUT2D eigenvalue weighted by Crippen LogP contribution is -2.16. The summed E-state index contributed by atoms with van der Waals surface area (Å²) in [7, 11) is 0. The summed E-state index contributed by atoms with van der Waals surface area (Å²) in [6.45, 7) is 1.68. The molecule has 29 heavy (non-hydrogen) atoms. The summed E-state index contributed by atoms with van der Waals surface area (Å²) in [6, 6.07) is 10.4. The molecule has 0 aliphatic heterocycles. The highest BCUT2D eigenvalue weighted by molar-refractivity contribution is 8.00. The van der Waals surface area contributed by atoms with Crippen molar-refractivity contribution in [3.8, 4) is 0 Å². The van der Waals surface area contributed by atoms with Crippen molar-refractivity contribution in [3.63, 3.8) is 0 Å². The molecule has 0 N–H and O–H groups in total. The molecule has 0 fully saturated rings. The van der Waals surface area contributed by atoms with E-state index < -0.39 is 11.5 Å². The fourth-order valence-corrected chi connectivity index (χ4v) is 3.01. The Morgan fingerprint density at radius 1 is 1.21 bits per heavy atom. The van der Waals surface area contributed by atoms with E-state index in [1.165, 1.54) is 40.8 Å². The van der Waals surface area contributed by atoms with E-state index in [1.807, 2.05) is 13.0 Å². The van der Waals surface area contributed by atoms with Gasteiger partial charge in [-0.3, -0.25) is 9.20 Å². The Morgan fingerprint density at radius 3 is 2.62 bits per heavy atom. The van der Waals surface area contributed by atoms with Crippen LogP contribution < -0.4 is 5.56 Å². The largest absolute Gasteiger partial charge is 0.456 e. The standard InChI is InChI=1S/C20H15F3N2O3S/c1-13-2-8-17-24-15(10-18(26)25(17)11-13)12-28-19(27)9-5-14-3-6-16(7-4-14)29-20(21,22)23/h2-11H,12H2,1H3/b9-5+. The van der Waals surface area contributed by atoms with E-state index in [9.17, 15) is 22.8 Å². The van der Waals surface area contributed by atoms with E-state index >= 15 is 0 Å². The summed E-state index contributed by atoms with van der Waals surface area (Å²) >= 11 is -0.208. The molecule has 0 aliphatic rings. The zero-order valence-electron chi connectivity index (χ0n) is 15.1. The highest BCUT2D eigenvalue weighted by Gasteiger charge is 2.28. The number of fused-ring (bicyclic) bond motifs is 1. The molecular weight excluding hydrogens is 405 g/mol. The lowest BCUT2D eigenvalue weighted by Gasteiger charge is -2.06. The molecule has 3 aromatic rings. The lowest BCUT2D eigenvalue weighted by molar-refractivity contribution is -0.139. The molecule has 0 amide bonds. The highest BCUT2D eigenvalue weighted by atomic mass is 32.2. The van der Waals surface area contributed by atoms with Crippen molar-refractivity contribution in [3.05, 3.63) is 81.9 Å². The third-order valence-electron chi connectivity index (χ3n) is 3.75. The molecule has 3 rings (SSSR count). The SMILES string of the molecule is Cc1ccc2nc(COC(=O)/C=C/c3ccc(SC(F)(F)F)cc3)cc(=O)n2c1. The molecule has 1 aromatic carbocycles. The maximum absolute atomic E-state index is 12.3. The van der Waals surface area contributed by atoms with Crippen LogP contribution >= 0.6 is 11.8 Å². The number of carbonyl (C=O) groups is 1. The van der Waals surface area contributed by atoms with Crippen LogP contribution in [0, 0.1) is 6.92 Å². The normalized spacial score (nSPS) is 11.9. The summed E-state index contributed by atoms with van der Waals surface area (Å²) in [5.41, 5.74) is -2.41. The molecule has 0 bridgehead atoms. The molecule has 0 unspecified atom stereocenters. The van der Waals surface area contributed by atoms with Gasteiger partial charge in [-0.05, 0) is 54.1 Å². The minimum Gasteiger partial charge on any atom is -0.456 e. The van der Waals surface area contributed by atoms with Crippen molar-refractivity contribution in [2.24, 2.45) is 0 Å². The predicted molar refractivity (Wildman–Crippen MR) is 103 cm³/mol. The van der Waals surface area contributed by atoms with Gasteiger partial charge in [-0.1, -0.05) is 18.2 Å². The number of hydrogen-bond acceptors (Lipinski definition) is 5. The molecule has 0 spiro atoms. The number of aryl methyl sites for hydroxylation is 1. The van der Waals surface area contributed by atoms with Gasteiger partial charge in [-0.2, -0.15) is 13.2 Å². The number of pyridine rings is 1. The monoisotopic (exact) mass is 420 g/mol. The summed E-state index contributed by atoms with van der Waals surface area (Å²) in [4.78, 5) is 28.3. The van der Waals surface area contributed by atoms with Gasteiger partial charge in [-0.25, -0.2) is 9.78 Å². The smallest absolute Gasteiger partial charge is 0.446 e. The Morgan fingerprint density at radius 2 is 1.93 bits per heavy atom. The van der Waals surface area contributed by atoms with Gasteiger partial charge in [0.05, 0.1) is 5.69 Å². The molecule has 5 nitrogen and oxygen atoms in total. The second kappa shape index (κ2) is 8.52. The first-order valence-electron chi connectivity index (χ1n) is 8.39. The van der Waals surface area contributed by atoms with E-state index in [4.69, 9.17) is 4.74 Å². The Balaban J connectivity index is 1.60. The number of hydrogen-bond donors (Lipinski definition) is 0. The number of halogens is 3. The molecule has 9 heteroatoms. The van der Waals surface area contributed by atoms with Crippen LogP contribution in [0.2, 0.25) is 0 Å².